The van der Waals surface area contributed by atoms with Crippen LogP contribution in [0.15, 0.2) is 12.1 Å². The van der Waals surface area contributed by atoms with E-state index in [0.717, 1.165) is 0 Å². The van der Waals surface area contributed by atoms with Crippen LogP contribution >= 0.6 is 0 Å². The Bertz CT molecular complexity index is 423. The van der Waals surface area contributed by atoms with E-state index in [4.69, 9.17) is 9.47 Å². The lowest BCUT2D eigenvalue weighted by Gasteiger charge is -2.26. The molecule has 0 aromatic carbocycles. The lowest BCUT2D eigenvalue weighted by molar-refractivity contribution is -0.184. The number of nitriles is 1. The van der Waals surface area contributed by atoms with Gasteiger partial charge in [0.25, 0.3) is 0 Å². The van der Waals surface area contributed by atoms with Crippen molar-refractivity contribution in [2.75, 3.05) is 13.2 Å². The molecule has 1 heterocycles. The monoisotopic (exact) mass is 266 g/mol. The Morgan fingerprint density at radius 3 is 2.17 bits per heavy atom. The fourth-order valence-corrected chi connectivity index (χ4v) is 3.39. The Kier molecular flexibility index (Phi) is 5.14. The summed E-state index contributed by atoms with van der Waals surface area (Å²) in [7, 11) is -1.54. The largest absolute Gasteiger partial charge is 0.335 e. The first-order valence-corrected chi connectivity index (χ1v) is 9.80. The van der Waals surface area contributed by atoms with Gasteiger partial charge in [0, 0.05) is 18.5 Å². The minimum Gasteiger partial charge on any atom is -0.335 e. The van der Waals surface area contributed by atoms with Crippen LogP contribution in [0.25, 0.3) is 0 Å². The van der Waals surface area contributed by atoms with Crippen LogP contribution in [-0.2, 0) is 9.47 Å². The van der Waals surface area contributed by atoms with Crippen LogP contribution in [0.4, 0.5) is 0 Å². The molecule has 100 valence electrons. The summed E-state index contributed by atoms with van der Waals surface area (Å²) < 4.78 is 13.1. The SMILES string of the molecule is CCOC(OCC)n1c(C#N)ccc1[Si](C)(C)C. The molecular formula is C13H22N2O2Si. The van der Waals surface area contributed by atoms with Crippen molar-refractivity contribution < 1.29 is 9.47 Å². The van der Waals surface area contributed by atoms with Gasteiger partial charge in [0.05, 0.1) is 8.07 Å². The summed E-state index contributed by atoms with van der Waals surface area (Å²) in [5, 5.41) is 10.4. The molecule has 0 aliphatic carbocycles. The summed E-state index contributed by atoms with van der Waals surface area (Å²) in [6, 6.07) is 6.08. The van der Waals surface area contributed by atoms with E-state index in [1.54, 1.807) is 0 Å². The van der Waals surface area contributed by atoms with Crippen LogP contribution in [0.1, 0.15) is 26.0 Å². The second-order valence-corrected chi connectivity index (χ2v) is 10.1. The number of ether oxygens (including phenoxy) is 2. The number of aromatic nitrogens is 1. The van der Waals surface area contributed by atoms with E-state index in [1.807, 2.05) is 30.5 Å². The average Bonchev–Trinajstić information content (AvgIpc) is 2.71. The van der Waals surface area contributed by atoms with Gasteiger partial charge in [-0.05, 0) is 26.0 Å². The average molecular weight is 266 g/mol. The minimum atomic E-state index is -1.54. The third-order valence-corrected chi connectivity index (χ3v) is 4.57. The molecule has 0 saturated heterocycles. The lowest BCUT2D eigenvalue weighted by Crippen LogP contribution is -2.45. The quantitative estimate of drug-likeness (QED) is 0.587. The van der Waals surface area contributed by atoms with E-state index < -0.39 is 14.5 Å². The molecule has 0 spiro atoms. The molecule has 0 N–H and O–H groups in total. The van der Waals surface area contributed by atoms with Crippen LogP contribution in [0.2, 0.25) is 19.6 Å². The molecule has 0 atom stereocenters. The standard InChI is InChI=1S/C13H22N2O2Si/c1-6-16-13(17-7-2)15-11(10-14)8-9-12(15)18(3,4)5/h8-9,13H,6-7H2,1-5H3. The normalized spacial score (nSPS) is 11.8. The van der Waals surface area contributed by atoms with Crippen LogP contribution in [0.3, 0.4) is 0 Å². The van der Waals surface area contributed by atoms with Gasteiger partial charge in [-0.25, -0.2) is 0 Å². The maximum Gasteiger partial charge on any atom is 0.244 e. The van der Waals surface area contributed by atoms with Gasteiger partial charge in [0.2, 0.25) is 6.41 Å². The summed E-state index contributed by atoms with van der Waals surface area (Å²) >= 11 is 0. The molecule has 5 heteroatoms. The number of hydrogen-bond acceptors (Lipinski definition) is 3. The molecule has 0 amide bonds. The van der Waals surface area contributed by atoms with Crippen LogP contribution in [0.5, 0.6) is 0 Å². The Hall–Kier alpha value is -1.09. The third-order valence-electron chi connectivity index (χ3n) is 2.63. The van der Waals surface area contributed by atoms with Gasteiger partial charge >= 0.3 is 0 Å². The van der Waals surface area contributed by atoms with Crippen molar-refractivity contribution in [3.05, 3.63) is 17.8 Å². The zero-order chi connectivity index (χ0) is 13.8. The second-order valence-electron chi connectivity index (χ2n) is 5.05. The van der Waals surface area contributed by atoms with Crippen molar-refractivity contribution in [2.24, 2.45) is 0 Å². The van der Waals surface area contributed by atoms with Gasteiger partial charge in [0.15, 0.2) is 0 Å². The van der Waals surface area contributed by atoms with Crippen LogP contribution < -0.4 is 5.32 Å². The molecule has 1 aromatic rings. The van der Waals surface area contributed by atoms with Crippen molar-refractivity contribution in [3.8, 4) is 6.07 Å². The highest BCUT2D eigenvalue weighted by Crippen LogP contribution is 2.16. The number of nitrogens with zero attached hydrogens (tertiary/aromatic N) is 2. The smallest absolute Gasteiger partial charge is 0.244 e. The Labute approximate surface area is 110 Å². The maximum atomic E-state index is 9.22. The predicted octanol–water partition coefficient (Wildman–Crippen LogP) is 2.43. The van der Waals surface area contributed by atoms with Crippen molar-refractivity contribution >= 4 is 13.4 Å². The highest BCUT2D eigenvalue weighted by Gasteiger charge is 2.27. The van der Waals surface area contributed by atoms with Crippen molar-refractivity contribution in [1.82, 2.24) is 4.57 Å². The second kappa shape index (κ2) is 6.18. The summed E-state index contributed by atoms with van der Waals surface area (Å²) in [4.78, 5) is 0. The fraction of sp³-hybridized carbons (Fsp3) is 0.615. The number of rotatable bonds is 6. The third kappa shape index (κ3) is 3.22. The zero-order valence-corrected chi connectivity index (χ0v) is 12.9. The van der Waals surface area contributed by atoms with Crippen molar-refractivity contribution in [1.29, 1.82) is 5.26 Å². The first kappa shape index (κ1) is 15.0. The van der Waals surface area contributed by atoms with Crippen molar-refractivity contribution in [3.63, 3.8) is 0 Å². The molecule has 0 aliphatic heterocycles. The van der Waals surface area contributed by atoms with Gasteiger partial charge in [-0.3, -0.25) is 4.57 Å². The topological polar surface area (TPSA) is 47.2 Å². The molecule has 1 aromatic heterocycles. The fourth-order valence-electron chi connectivity index (χ4n) is 1.86. The first-order valence-electron chi connectivity index (χ1n) is 6.30. The summed E-state index contributed by atoms with van der Waals surface area (Å²) in [6.45, 7) is 11.7. The minimum absolute atomic E-state index is 0.494. The molecule has 0 saturated carbocycles. The highest BCUT2D eigenvalue weighted by molar-refractivity contribution is 6.88. The van der Waals surface area contributed by atoms with E-state index in [-0.39, 0.29) is 0 Å². The first-order chi connectivity index (χ1) is 8.45. The van der Waals surface area contributed by atoms with Gasteiger partial charge in [-0.2, -0.15) is 5.26 Å². The molecule has 0 fully saturated rings. The molecule has 0 aliphatic rings. The summed E-state index contributed by atoms with van der Waals surface area (Å²) in [5.74, 6) is 0. The Morgan fingerprint density at radius 1 is 1.22 bits per heavy atom. The summed E-state index contributed by atoms with van der Waals surface area (Å²) in [6.07, 6.45) is -0.494. The Morgan fingerprint density at radius 2 is 1.78 bits per heavy atom. The molecule has 0 unspecified atom stereocenters. The van der Waals surface area contributed by atoms with Gasteiger partial charge < -0.3 is 9.47 Å². The Balaban J connectivity index is 3.25. The van der Waals surface area contributed by atoms with Crippen LogP contribution in [-0.4, -0.2) is 25.9 Å². The van der Waals surface area contributed by atoms with Gasteiger partial charge in [0.1, 0.15) is 11.8 Å². The predicted molar refractivity (Wildman–Crippen MR) is 74.4 cm³/mol. The molecular weight excluding hydrogens is 244 g/mol. The van der Waals surface area contributed by atoms with E-state index in [2.05, 4.69) is 25.7 Å². The van der Waals surface area contributed by atoms with Gasteiger partial charge in [-0.1, -0.05) is 19.6 Å². The van der Waals surface area contributed by atoms with E-state index in [1.165, 1.54) is 5.32 Å². The molecule has 1 rings (SSSR count). The van der Waals surface area contributed by atoms with Gasteiger partial charge in [-0.15, -0.1) is 0 Å². The van der Waals surface area contributed by atoms with Crippen molar-refractivity contribution in [2.45, 2.75) is 39.9 Å². The highest BCUT2D eigenvalue weighted by atomic mass is 28.3. The molecule has 4 nitrogen and oxygen atoms in total. The van der Waals surface area contributed by atoms with E-state index >= 15 is 0 Å². The zero-order valence-electron chi connectivity index (χ0n) is 11.9. The van der Waals surface area contributed by atoms with E-state index in [0.29, 0.717) is 18.9 Å². The molecule has 0 radical (unpaired) electrons. The number of hydrogen-bond donors (Lipinski definition) is 0. The van der Waals surface area contributed by atoms with E-state index in [9.17, 15) is 5.26 Å². The molecule has 18 heavy (non-hydrogen) atoms. The molecule has 0 bridgehead atoms. The maximum absolute atomic E-state index is 9.22. The summed E-state index contributed by atoms with van der Waals surface area (Å²) in [5.41, 5.74) is 0.597. The van der Waals surface area contributed by atoms with Crippen LogP contribution in [0, 0.1) is 11.3 Å². The lowest BCUT2D eigenvalue weighted by atomic mass is 10.5.